The number of benzene rings is 1. The van der Waals surface area contributed by atoms with E-state index in [2.05, 4.69) is 21.2 Å². The minimum Gasteiger partial charge on any atom is -0.444 e. The maximum absolute atomic E-state index is 11.9. The molecule has 9 heteroatoms. The predicted octanol–water partition coefficient (Wildman–Crippen LogP) is 2.59. The van der Waals surface area contributed by atoms with Gasteiger partial charge in [-0.25, -0.2) is 4.79 Å². The van der Waals surface area contributed by atoms with E-state index in [-0.39, 0.29) is 6.54 Å². The number of rotatable bonds is 4. The van der Waals surface area contributed by atoms with Crippen LogP contribution in [0.5, 0.6) is 0 Å². The number of aromatic nitrogens is 2. The second-order valence-corrected chi connectivity index (χ2v) is 5.23. The first kappa shape index (κ1) is 15.4. The van der Waals surface area contributed by atoms with Crippen LogP contribution in [0.1, 0.15) is 5.69 Å². The maximum Gasteiger partial charge on any atom is 0.414 e. The Morgan fingerprint density at radius 1 is 1.50 bits per heavy atom. The van der Waals surface area contributed by atoms with Crippen molar-refractivity contribution in [3.05, 3.63) is 46.5 Å². The van der Waals surface area contributed by atoms with Gasteiger partial charge in [-0.05, 0) is 17.7 Å². The molecule has 9 nitrogen and oxygen atoms in total. The Labute approximate surface area is 137 Å². The van der Waals surface area contributed by atoms with Crippen LogP contribution >= 0.6 is 0 Å². The molecule has 1 aromatic heterocycles. The molecule has 120 valence electrons. The molecule has 1 unspecified atom stereocenters. The van der Waals surface area contributed by atoms with Crippen molar-refractivity contribution in [2.45, 2.75) is 6.10 Å². The number of hydrogen-bond donors (Lipinski definition) is 0. The Hall–Kier alpha value is -3.50. The number of nitriles is 1. The van der Waals surface area contributed by atoms with E-state index < -0.39 is 12.2 Å². The van der Waals surface area contributed by atoms with Gasteiger partial charge in [0.05, 0.1) is 18.8 Å². The van der Waals surface area contributed by atoms with Gasteiger partial charge in [0.2, 0.25) is 0 Å². The maximum atomic E-state index is 11.9. The average Bonchev–Trinajstić information content (AvgIpc) is 3.15. The molecular weight excluding hydrogens is 310 g/mol. The summed E-state index contributed by atoms with van der Waals surface area (Å²) in [6.45, 7) is 0.445. The van der Waals surface area contributed by atoms with Gasteiger partial charge in [-0.15, -0.1) is 0 Å². The molecule has 0 aliphatic carbocycles. The van der Waals surface area contributed by atoms with Crippen LogP contribution < -0.4 is 4.90 Å². The fourth-order valence-corrected chi connectivity index (χ4v) is 2.48. The summed E-state index contributed by atoms with van der Waals surface area (Å²) in [4.78, 5) is 16.1. The highest BCUT2D eigenvalue weighted by atomic mass is 16.6. The molecule has 3 rings (SSSR count). The van der Waals surface area contributed by atoms with Crippen molar-refractivity contribution in [1.82, 2.24) is 9.78 Å². The highest BCUT2D eigenvalue weighted by molar-refractivity contribution is 5.90. The smallest absolute Gasteiger partial charge is 0.414 e. The summed E-state index contributed by atoms with van der Waals surface area (Å²) in [5.41, 5.74) is 11.0. The molecule has 24 heavy (non-hydrogen) atoms. The predicted molar refractivity (Wildman–Crippen MR) is 85.0 cm³/mol. The van der Waals surface area contributed by atoms with E-state index >= 15 is 0 Å². The number of aryl methyl sites for hydroxylation is 1. The van der Waals surface area contributed by atoms with Crippen LogP contribution in [-0.2, 0) is 11.8 Å². The van der Waals surface area contributed by atoms with E-state index in [1.807, 2.05) is 12.1 Å². The zero-order valence-corrected chi connectivity index (χ0v) is 12.8. The normalized spacial score (nSPS) is 16.4. The van der Waals surface area contributed by atoms with Crippen LogP contribution in [-0.4, -0.2) is 35.1 Å². The lowest BCUT2D eigenvalue weighted by atomic mass is 10.1. The lowest BCUT2D eigenvalue weighted by Gasteiger charge is -2.13. The Kier molecular flexibility index (Phi) is 4.05. The Bertz CT molecular complexity index is 859. The van der Waals surface area contributed by atoms with Crippen molar-refractivity contribution < 1.29 is 9.53 Å². The number of carbonyl (C=O) groups is 1. The molecule has 0 radical (unpaired) electrons. The van der Waals surface area contributed by atoms with Gasteiger partial charge in [0.15, 0.2) is 0 Å². The lowest BCUT2D eigenvalue weighted by molar-refractivity contribution is 0.145. The third-order valence-corrected chi connectivity index (χ3v) is 3.69. The number of azide groups is 1. The average molecular weight is 323 g/mol. The summed E-state index contributed by atoms with van der Waals surface area (Å²) < 4.78 is 6.66. The number of hydrogen-bond acceptors (Lipinski definition) is 5. The van der Waals surface area contributed by atoms with Gasteiger partial charge in [-0.2, -0.15) is 10.4 Å². The van der Waals surface area contributed by atoms with E-state index in [4.69, 9.17) is 15.5 Å². The highest BCUT2D eigenvalue weighted by Crippen LogP contribution is 2.26. The number of amides is 1. The van der Waals surface area contributed by atoms with Gasteiger partial charge in [0.1, 0.15) is 17.9 Å². The molecule has 0 saturated carbocycles. The largest absolute Gasteiger partial charge is 0.444 e. The zero-order valence-electron chi connectivity index (χ0n) is 12.8. The molecule has 1 aliphatic rings. The van der Waals surface area contributed by atoms with E-state index in [0.717, 1.165) is 5.56 Å². The minimum absolute atomic E-state index is 0.113. The third kappa shape index (κ3) is 2.86. The number of anilines is 1. The summed E-state index contributed by atoms with van der Waals surface area (Å²) >= 11 is 0. The Morgan fingerprint density at radius 3 is 2.88 bits per heavy atom. The molecular formula is C15H13N7O2. The van der Waals surface area contributed by atoms with Crippen molar-refractivity contribution in [1.29, 1.82) is 5.26 Å². The molecule has 0 bridgehead atoms. The second kappa shape index (κ2) is 6.32. The lowest BCUT2D eigenvalue weighted by Crippen LogP contribution is -2.24. The molecule has 2 heterocycles. The number of ether oxygens (including phenoxy) is 1. The van der Waals surface area contributed by atoms with Crippen molar-refractivity contribution in [2.75, 3.05) is 18.0 Å². The molecule has 2 aromatic rings. The van der Waals surface area contributed by atoms with Crippen LogP contribution in [0, 0.1) is 11.3 Å². The van der Waals surface area contributed by atoms with Gasteiger partial charge >= 0.3 is 6.09 Å². The van der Waals surface area contributed by atoms with Crippen molar-refractivity contribution in [3.8, 4) is 17.3 Å². The van der Waals surface area contributed by atoms with Crippen LogP contribution in [0.2, 0.25) is 0 Å². The first-order valence-electron chi connectivity index (χ1n) is 7.16. The fraction of sp³-hybridized carbons (Fsp3) is 0.267. The van der Waals surface area contributed by atoms with Crippen LogP contribution in [0.15, 0.2) is 35.4 Å². The van der Waals surface area contributed by atoms with Crippen LogP contribution in [0.4, 0.5) is 10.5 Å². The summed E-state index contributed by atoms with van der Waals surface area (Å²) in [6, 6.07) is 11.0. The van der Waals surface area contributed by atoms with Gasteiger partial charge in [-0.3, -0.25) is 9.58 Å². The Morgan fingerprint density at radius 2 is 2.25 bits per heavy atom. The molecule has 1 saturated heterocycles. The quantitative estimate of drug-likeness (QED) is 0.487. The molecule has 1 aliphatic heterocycles. The van der Waals surface area contributed by atoms with Crippen LogP contribution in [0.25, 0.3) is 21.7 Å². The molecule has 1 aromatic carbocycles. The zero-order chi connectivity index (χ0) is 17.1. The third-order valence-electron chi connectivity index (χ3n) is 3.69. The molecule has 1 atom stereocenters. The number of carbonyl (C=O) groups excluding carboxylic acids is 1. The SMILES string of the molecule is Cn1nc(-c2ccc(N3CC(CN=[N+]=[N-])OC3=O)cc2)cc1C#N. The van der Waals surface area contributed by atoms with E-state index in [0.29, 0.717) is 23.6 Å². The van der Waals surface area contributed by atoms with Gasteiger partial charge in [-0.1, -0.05) is 17.2 Å². The van der Waals surface area contributed by atoms with E-state index in [1.165, 1.54) is 9.58 Å². The number of nitrogens with zero attached hydrogens (tertiary/aromatic N) is 7. The molecule has 0 N–H and O–H groups in total. The number of cyclic esters (lactones) is 1. The van der Waals surface area contributed by atoms with Gasteiger partial charge in [0, 0.05) is 29.3 Å². The highest BCUT2D eigenvalue weighted by Gasteiger charge is 2.31. The fourth-order valence-electron chi connectivity index (χ4n) is 2.48. The van der Waals surface area contributed by atoms with E-state index in [9.17, 15) is 4.79 Å². The summed E-state index contributed by atoms with van der Waals surface area (Å²) in [5.74, 6) is 0. The van der Waals surface area contributed by atoms with Crippen molar-refractivity contribution in [2.24, 2.45) is 12.2 Å². The van der Waals surface area contributed by atoms with Gasteiger partial charge < -0.3 is 4.74 Å². The van der Waals surface area contributed by atoms with Crippen molar-refractivity contribution >= 4 is 11.8 Å². The first-order chi connectivity index (χ1) is 11.6. The first-order valence-corrected chi connectivity index (χ1v) is 7.16. The second-order valence-electron chi connectivity index (χ2n) is 5.23. The monoisotopic (exact) mass is 323 g/mol. The standard InChI is InChI=1S/C15H13N7O2/c1-21-12(7-16)6-14(19-21)10-2-4-11(5-3-10)22-9-13(8-18-20-17)24-15(22)23/h2-6,13H,8-9H2,1H3. The summed E-state index contributed by atoms with van der Waals surface area (Å²) in [5, 5.41) is 16.7. The van der Waals surface area contributed by atoms with E-state index in [1.54, 1.807) is 25.2 Å². The summed E-state index contributed by atoms with van der Waals surface area (Å²) in [7, 11) is 1.71. The molecule has 1 fully saturated rings. The van der Waals surface area contributed by atoms with Crippen molar-refractivity contribution in [3.63, 3.8) is 0 Å². The summed E-state index contributed by atoms with van der Waals surface area (Å²) in [6.07, 6.45) is -0.910. The van der Waals surface area contributed by atoms with Crippen LogP contribution in [0.3, 0.4) is 0 Å². The Balaban J connectivity index is 1.78. The molecule has 0 spiro atoms. The minimum atomic E-state index is -0.467. The van der Waals surface area contributed by atoms with Gasteiger partial charge in [0.25, 0.3) is 0 Å². The topological polar surface area (TPSA) is 120 Å². The molecule has 1 amide bonds.